The molecule has 0 amide bonds. The Kier molecular flexibility index (Phi) is 3.88. The highest BCUT2D eigenvalue weighted by Crippen LogP contribution is 2.09. The lowest BCUT2D eigenvalue weighted by molar-refractivity contribution is -0.152. The van der Waals surface area contributed by atoms with Gasteiger partial charge in [0.15, 0.2) is 0 Å². The zero-order valence-corrected chi connectivity index (χ0v) is 9.71. The predicted octanol–water partition coefficient (Wildman–Crippen LogP) is 2.58. The Labute approximate surface area is 94.6 Å². The number of carbonyl (C=O) groups excluding carboxylic acids is 1. The summed E-state index contributed by atoms with van der Waals surface area (Å²) in [5, 5.41) is 2.85. The van der Waals surface area contributed by atoms with E-state index in [4.69, 9.17) is 4.74 Å². The van der Waals surface area contributed by atoms with E-state index in [2.05, 4.69) is 5.32 Å². The number of halogens is 1. The van der Waals surface area contributed by atoms with Gasteiger partial charge in [0, 0.05) is 5.69 Å². The highest BCUT2D eigenvalue weighted by atomic mass is 19.1. The maximum Gasteiger partial charge on any atom is 0.325 e. The number of benzene rings is 1. The van der Waals surface area contributed by atoms with E-state index in [1.807, 2.05) is 20.8 Å². The first-order chi connectivity index (χ1) is 7.37. The Morgan fingerprint density at radius 3 is 2.38 bits per heavy atom. The zero-order chi connectivity index (χ0) is 12.2. The Bertz CT molecular complexity index is 354. The molecule has 0 fully saturated rings. The molecule has 88 valence electrons. The molecule has 0 radical (unpaired) electrons. The molecule has 3 nitrogen and oxygen atoms in total. The average molecular weight is 225 g/mol. The molecular weight excluding hydrogens is 209 g/mol. The second kappa shape index (κ2) is 4.96. The molecule has 0 atom stereocenters. The standard InChI is InChI=1S/C12H16FNO2/c1-12(2,3)16-11(15)8-14-10-6-4-9(13)5-7-10/h4-7,14H,8H2,1-3H3. The van der Waals surface area contributed by atoms with Crippen LogP contribution in [0, 0.1) is 5.82 Å². The lowest BCUT2D eigenvalue weighted by Gasteiger charge is -2.19. The van der Waals surface area contributed by atoms with Crippen LogP contribution in [0.2, 0.25) is 0 Å². The van der Waals surface area contributed by atoms with Crippen molar-refractivity contribution in [2.24, 2.45) is 0 Å². The van der Waals surface area contributed by atoms with Crippen molar-refractivity contribution in [2.75, 3.05) is 11.9 Å². The summed E-state index contributed by atoms with van der Waals surface area (Å²) in [6.45, 7) is 5.50. The van der Waals surface area contributed by atoms with Crippen molar-refractivity contribution in [1.82, 2.24) is 0 Å². The van der Waals surface area contributed by atoms with E-state index in [1.165, 1.54) is 12.1 Å². The first-order valence-electron chi connectivity index (χ1n) is 5.08. The van der Waals surface area contributed by atoms with Gasteiger partial charge in [-0.2, -0.15) is 0 Å². The van der Waals surface area contributed by atoms with Gasteiger partial charge in [-0.15, -0.1) is 0 Å². The summed E-state index contributed by atoms with van der Waals surface area (Å²) >= 11 is 0. The molecule has 0 spiro atoms. The molecule has 0 heterocycles. The molecule has 1 aromatic rings. The van der Waals surface area contributed by atoms with Gasteiger partial charge in [-0.3, -0.25) is 4.79 Å². The number of carbonyl (C=O) groups is 1. The fourth-order valence-electron chi connectivity index (χ4n) is 1.12. The summed E-state index contributed by atoms with van der Waals surface area (Å²) in [5.41, 5.74) is 0.203. The normalized spacial score (nSPS) is 11.0. The van der Waals surface area contributed by atoms with Crippen LogP contribution in [-0.4, -0.2) is 18.1 Å². The molecule has 0 aliphatic rings. The Hall–Kier alpha value is -1.58. The van der Waals surface area contributed by atoms with Crippen LogP contribution in [0.25, 0.3) is 0 Å². The van der Waals surface area contributed by atoms with Crippen molar-refractivity contribution < 1.29 is 13.9 Å². The van der Waals surface area contributed by atoms with Crippen LogP contribution < -0.4 is 5.32 Å². The Morgan fingerprint density at radius 1 is 1.31 bits per heavy atom. The van der Waals surface area contributed by atoms with Crippen molar-refractivity contribution in [1.29, 1.82) is 0 Å². The summed E-state index contributed by atoms with van der Waals surface area (Å²) < 4.78 is 17.7. The van der Waals surface area contributed by atoms with E-state index in [0.29, 0.717) is 5.69 Å². The van der Waals surface area contributed by atoms with Crippen molar-refractivity contribution in [3.05, 3.63) is 30.1 Å². The molecule has 0 aliphatic heterocycles. The van der Waals surface area contributed by atoms with E-state index in [0.717, 1.165) is 0 Å². The third kappa shape index (κ3) is 4.77. The number of esters is 1. The van der Waals surface area contributed by atoms with Crippen molar-refractivity contribution in [3.63, 3.8) is 0 Å². The van der Waals surface area contributed by atoms with Gasteiger partial charge in [0.25, 0.3) is 0 Å². The van der Waals surface area contributed by atoms with E-state index < -0.39 is 5.60 Å². The fourth-order valence-corrected chi connectivity index (χ4v) is 1.12. The second-order valence-corrected chi connectivity index (χ2v) is 4.45. The van der Waals surface area contributed by atoms with Gasteiger partial charge in [0.2, 0.25) is 0 Å². The van der Waals surface area contributed by atoms with Gasteiger partial charge in [-0.25, -0.2) is 4.39 Å². The first kappa shape index (κ1) is 12.5. The minimum Gasteiger partial charge on any atom is -0.459 e. The monoisotopic (exact) mass is 225 g/mol. The summed E-state index contributed by atoms with van der Waals surface area (Å²) in [4.78, 5) is 11.3. The summed E-state index contributed by atoms with van der Waals surface area (Å²) in [6.07, 6.45) is 0. The third-order valence-corrected chi connectivity index (χ3v) is 1.70. The maximum atomic E-state index is 12.6. The van der Waals surface area contributed by atoms with Crippen LogP contribution in [0.1, 0.15) is 20.8 Å². The maximum absolute atomic E-state index is 12.6. The number of hydrogen-bond acceptors (Lipinski definition) is 3. The molecule has 0 saturated carbocycles. The molecule has 16 heavy (non-hydrogen) atoms. The molecule has 1 rings (SSSR count). The second-order valence-electron chi connectivity index (χ2n) is 4.45. The third-order valence-electron chi connectivity index (χ3n) is 1.70. The molecule has 0 unspecified atom stereocenters. The number of ether oxygens (including phenoxy) is 1. The topological polar surface area (TPSA) is 38.3 Å². The van der Waals surface area contributed by atoms with Crippen LogP contribution >= 0.6 is 0 Å². The van der Waals surface area contributed by atoms with E-state index in [9.17, 15) is 9.18 Å². The minimum absolute atomic E-state index is 0.0723. The van der Waals surface area contributed by atoms with Crippen LogP contribution in [0.3, 0.4) is 0 Å². The number of rotatable bonds is 3. The molecule has 0 bridgehead atoms. The van der Waals surface area contributed by atoms with Gasteiger partial charge in [-0.05, 0) is 45.0 Å². The van der Waals surface area contributed by atoms with Gasteiger partial charge in [0.05, 0.1) is 0 Å². The largest absolute Gasteiger partial charge is 0.459 e. The number of nitrogens with one attached hydrogen (secondary N) is 1. The van der Waals surface area contributed by atoms with Gasteiger partial charge in [-0.1, -0.05) is 0 Å². The molecular formula is C12H16FNO2. The highest BCUT2D eigenvalue weighted by molar-refractivity contribution is 5.75. The summed E-state index contributed by atoms with van der Waals surface area (Å²) in [7, 11) is 0. The van der Waals surface area contributed by atoms with E-state index in [1.54, 1.807) is 12.1 Å². The highest BCUT2D eigenvalue weighted by Gasteiger charge is 2.15. The Balaban J connectivity index is 2.40. The van der Waals surface area contributed by atoms with Crippen LogP contribution in [0.15, 0.2) is 24.3 Å². The summed E-state index contributed by atoms with van der Waals surface area (Å²) in [5.74, 6) is -0.639. The molecule has 0 aromatic heterocycles. The van der Waals surface area contributed by atoms with Crippen LogP contribution in [0.5, 0.6) is 0 Å². The van der Waals surface area contributed by atoms with Crippen LogP contribution in [-0.2, 0) is 9.53 Å². The smallest absolute Gasteiger partial charge is 0.325 e. The van der Waals surface area contributed by atoms with Crippen LogP contribution in [0.4, 0.5) is 10.1 Å². The molecule has 1 aromatic carbocycles. The van der Waals surface area contributed by atoms with Crippen molar-refractivity contribution in [2.45, 2.75) is 26.4 Å². The minimum atomic E-state index is -0.485. The SMILES string of the molecule is CC(C)(C)OC(=O)CNc1ccc(F)cc1. The van der Waals surface area contributed by atoms with Gasteiger partial charge >= 0.3 is 5.97 Å². The lowest BCUT2D eigenvalue weighted by atomic mass is 10.2. The molecule has 4 heteroatoms. The van der Waals surface area contributed by atoms with E-state index in [-0.39, 0.29) is 18.3 Å². The number of hydrogen-bond donors (Lipinski definition) is 1. The number of anilines is 1. The predicted molar refractivity (Wildman–Crippen MR) is 60.7 cm³/mol. The average Bonchev–Trinajstić information content (AvgIpc) is 2.14. The lowest BCUT2D eigenvalue weighted by Crippen LogP contribution is -2.28. The molecule has 1 N–H and O–H groups in total. The summed E-state index contributed by atoms with van der Waals surface area (Å²) in [6, 6.07) is 5.80. The van der Waals surface area contributed by atoms with E-state index >= 15 is 0 Å². The van der Waals surface area contributed by atoms with Gasteiger partial charge in [0.1, 0.15) is 18.0 Å². The van der Waals surface area contributed by atoms with Gasteiger partial charge < -0.3 is 10.1 Å². The molecule has 0 saturated heterocycles. The van der Waals surface area contributed by atoms with Crippen molar-refractivity contribution >= 4 is 11.7 Å². The Morgan fingerprint density at radius 2 is 1.88 bits per heavy atom. The molecule has 0 aliphatic carbocycles. The van der Waals surface area contributed by atoms with Crippen molar-refractivity contribution in [3.8, 4) is 0 Å². The first-order valence-corrected chi connectivity index (χ1v) is 5.08. The zero-order valence-electron chi connectivity index (χ0n) is 9.71. The quantitative estimate of drug-likeness (QED) is 0.803. The fraction of sp³-hybridized carbons (Fsp3) is 0.417.